The van der Waals surface area contributed by atoms with Crippen LogP contribution in [0.1, 0.15) is 20.3 Å². The van der Waals surface area contributed by atoms with Crippen LogP contribution in [0.5, 0.6) is 0 Å². The Morgan fingerprint density at radius 3 is 2.89 bits per heavy atom. The van der Waals surface area contributed by atoms with Gasteiger partial charge in [0, 0.05) is 25.0 Å². The first kappa shape index (κ1) is 12.8. The van der Waals surface area contributed by atoms with Crippen LogP contribution in [-0.4, -0.2) is 45.1 Å². The first-order chi connectivity index (χ1) is 8.61. The molecule has 1 saturated heterocycles. The second kappa shape index (κ2) is 5.30. The number of likely N-dealkylation sites (tertiary alicyclic amines) is 1. The summed E-state index contributed by atoms with van der Waals surface area (Å²) in [6, 6.07) is 1.56. The van der Waals surface area contributed by atoms with Crippen molar-refractivity contribution in [1.29, 1.82) is 0 Å². The molecule has 98 valence electrons. The van der Waals surface area contributed by atoms with Gasteiger partial charge in [0.1, 0.15) is 0 Å². The van der Waals surface area contributed by atoms with E-state index in [2.05, 4.69) is 10.4 Å². The quantitative estimate of drug-likeness (QED) is 0.747. The van der Waals surface area contributed by atoms with Crippen molar-refractivity contribution in [1.82, 2.24) is 20.0 Å². The van der Waals surface area contributed by atoms with Crippen molar-refractivity contribution in [3.63, 3.8) is 0 Å². The summed E-state index contributed by atoms with van der Waals surface area (Å²) < 4.78 is 1.80. The number of carbonyl (C=O) groups is 2. The van der Waals surface area contributed by atoms with Crippen molar-refractivity contribution in [3.8, 4) is 0 Å². The Labute approximate surface area is 106 Å². The summed E-state index contributed by atoms with van der Waals surface area (Å²) in [6.07, 6.45) is 3.85. The van der Waals surface area contributed by atoms with Gasteiger partial charge in [0.25, 0.3) is 0 Å². The van der Waals surface area contributed by atoms with E-state index in [9.17, 15) is 9.59 Å². The third kappa shape index (κ3) is 2.59. The van der Waals surface area contributed by atoms with Gasteiger partial charge in [-0.3, -0.25) is 19.2 Å². The predicted octanol–water partition coefficient (Wildman–Crippen LogP) is 0.00860. The number of rotatable bonds is 5. The molecule has 1 fully saturated rings. The monoisotopic (exact) mass is 250 g/mol. The largest absolute Gasteiger partial charge is 0.301 e. The Kier molecular flexibility index (Phi) is 3.76. The first-order valence-electron chi connectivity index (χ1n) is 6.19. The van der Waals surface area contributed by atoms with E-state index < -0.39 is 0 Å². The number of imide groups is 1. The van der Waals surface area contributed by atoms with Crippen LogP contribution in [0, 0.1) is 0 Å². The molecule has 0 radical (unpaired) electrons. The third-order valence-electron chi connectivity index (χ3n) is 3.07. The van der Waals surface area contributed by atoms with E-state index in [1.807, 2.05) is 26.1 Å². The summed E-state index contributed by atoms with van der Waals surface area (Å²) in [6.45, 7) is 4.92. The molecule has 0 aliphatic carbocycles. The zero-order chi connectivity index (χ0) is 13.1. The molecule has 6 nitrogen and oxygen atoms in total. The molecule has 0 aromatic carbocycles. The maximum atomic E-state index is 11.9. The molecule has 1 N–H and O–H groups in total. The average molecular weight is 250 g/mol. The van der Waals surface area contributed by atoms with Gasteiger partial charge in [-0.1, -0.05) is 0 Å². The summed E-state index contributed by atoms with van der Waals surface area (Å²) in [5, 5.41) is 7.30. The molecule has 2 unspecified atom stereocenters. The Hall–Kier alpha value is -1.69. The van der Waals surface area contributed by atoms with Gasteiger partial charge in [0.05, 0.1) is 19.0 Å². The maximum Gasteiger partial charge on any atom is 0.246 e. The second-order valence-corrected chi connectivity index (χ2v) is 4.53. The molecule has 2 heterocycles. The van der Waals surface area contributed by atoms with Crippen LogP contribution >= 0.6 is 0 Å². The highest BCUT2D eigenvalue weighted by molar-refractivity contribution is 6.05. The normalized spacial score (nSPS) is 21.7. The number of carbonyl (C=O) groups excluding carboxylic acids is 2. The fourth-order valence-corrected chi connectivity index (χ4v) is 2.23. The van der Waals surface area contributed by atoms with Crippen LogP contribution in [-0.2, 0) is 16.1 Å². The first-order valence-corrected chi connectivity index (χ1v) is 6.19. The van der Waals surface area contributed by atoms with E-state index in [0.717, 1.165) is 0 Å². The van der Waals surface area contributed by atoms with E-state index in [1.54, 1.807) is 10.9 Å². The fourth-order valence-electron chi connectivity index (χ4n) is 2.23. The third-order valence-corrected chi connectivity index (χ3v) is 3.07. The molecule has 18 heavy (non-hydrogen) atoms. The zero-order valence-electron chi connectivity index (χ0n) is 10.7. The van der Waals surface area contributed by atoms with E-state index in [0.29, 0.717) is 13.1 Å². The topological polar surface area (TPSA) is 67.2 Å². The number of amides is 2. The van der Waals surface area contributed by atoms with E-state index in [-0.39, 0.29) is 30.3 Å². The summed E-state index contributed by atoms with van der Waals surface area (Å²) in [5.74, 6) is -0.207. The van der Waals surface area contributed by atoms with Crippen molar-refractivity contribution >= 4 is 11.8 Å². The van der Waals surface area contributed by atoms with Crippen LogP contribution in [0.4, 0.5) is 0 Å². The van der Waals surface area contributed by atoms with Gasteiger partial charge < -0.3 is 5.32 Å². The van der Waals surface area contributed by atoms with Gasteiger partial charge in [0.2, 0.25) is 11.8 Å². The minimum atomic E-state index is -0.386. The van der Waals surface area contributed by atoms with Crippen LogP contribution in [0.2, 0.25) is 0 Å². The second-order valence-electron chi connectivity index (χ2n) is 4.53. The van der Waals surface area contributed by atoms with Crippen molar-refractivity contribution in [2.45, 2.75) is 38.9 Å². The number of nitrogens with one attached hydrogen (secondary N) is 1. The molecule has 0 bridgehead atoms. The molecule has 0 spiro atoms. The summed E-state index contributed by atoms with van der Waals surface area (Å²) in [4.78, 5) is 24.8. The average Bonchev–Trinajstić information content (AvgIpc) is 2.89. The van der Waals surface area contributed by atoms with Gasteiger partial charge in [-0.2, -0.15) is 5.10 Å². The minimum absolute atomic E-state index is 0.0865. The van der Waals surface area contributed by atoms with E-state index in [4.69, 9.17) is 0 Å². The van der Waals surface area contributed by atoms with Crippen LogP contribution in [0.15, 0.2) is 18.5 Å². The molecule has 1 aromatic heterocycles. The summed E-state index contributed by atoms with van der Waals surface area (Å²) >= 11 is 0. The highest BCUT2D eigenvalue weighted by atomic mass is 16.2. The SMILES string of the molecule is CCN1C(=O)CC(NC(C)Cn2cccn2)C1=O. The Morgan fingerprint density at radius 2 is 2.33 bits per heavy atom. The lowest BCUT2D eigenvalue weighted by atomic mass is 10.2. The molecule has 0 saturated carbocycles. The van der Waals surface area contributed by atoms with E-state index in [1.165, 1.54) is 4.90 Å². The molecule has 1 aliphatic heterocycles. The van der Waals surface area contributed by atoms with Crippen LogP contribution in [0.25, 0.3) is 0 Å². The minimum Gasteiger partial charge on any atom is -0.301 e. The highest BCUT2D eigenvalue weighted by Crippen LogP contribution is 2.13. The van der Waals surface area contributed by atoms with Gasteiger partial charge >= 0.3 is 0 Å². The number of likely N-dealkylation sites (N-methyl/N-ethyl adjacent to an activating group) is 1. The smallest absolute Gasteiger partial charge is 0.246 e. The summed E-state index contributed by atoms with van der Waals surface area (Å²) in [5.41, 5.74) is 0. The molecule has 6 heteroatoms. The Bertz CT molecular complexity index is 429. The van der Waals surface area contributed by atoms with Crippen molar-refractivity contribution in [3.05, 3.63) is 18.5 Å². The Balaban J connectivity index is 1.90. The highest BCUT2D eigenvalue weighted by Gasteiger charge is 2.37. The van der Waals surface area contributed by atoms with Crippen molar-refractivity contribution in [2.75, 3.05) is 6.54 Å². The number of aromatic nitrogens is 2. The van der Waals surface area contributed by atoms with E-state index >= 15 is 0 Å². The number of hydrogen-bond acceptors (Lipinski definition) is 4. The lowest BCUT2D eigenvalue weighted by Crippen LogP contribution is -2.44. The lowest BCUT2D eigenvalue weighted by Gasteiger charge is -2.18. The van der Waals surface area contributed by atoms with Crippen molar-refractivity contribution in [2.24, 2.45) is 0 Å². The predicted molar refractivity (Wildman–Crippen MR) is 65.6 cm³/mol. The number of nitrogens with zero attached hydrogens (tertiary/aromatic N) is 3. The van der Waals surface area contributed by atoms with Gasteiger partial charge in [0.15, 0.2) is 0 Å². The molecule has 1 aliphatic rings. The lowest BCUT2D eigenvalue weighted by molar-refractivity contribution is -0.138. The van der Waals surface area contributed by atoms with Crippen LogP contribution < -0.4 is 5.32 Å². The van der Waals surface area contributed by atoms with Crippen molar-refractivity contribution < 1.29 is 9.59 Å². The molecule has 2 atom stereocenters. The molecule has 1 aromatic rings. The summed E-state index contributed by atoms with van der Waals surface area (Å²) in [7, 11) is 0. The molecule has 2 amide bonds. The van der Waals surface area contributed by atoms with Gasteiger partial charge in [-0.05, 0) is 19.9 Å². The standard InChI is InChI=1S/C12H18N4O2/c1-3-16-11(17)7-10(12(16)18)14-9(2)8-15-6-4-5-13-15/h4-6,9-10,14H,3,7-8H2,1-2H3. The maximum absolute atomic E-state index is 11.9. The Morgan fingerprint density at radius 1 is 1.56 bits per heavy atom. The van der Waals surface area contributed by atoms with Crippen LogP contribution in [0.3, 0.4) is 0 Å². The molecule has 2 rings (SSSR count). The van der Waals surface area contributed by atoms with Gasteiger partial charge in [-0.15, -0.1) is 0 Å². The number of hydrogen-bond donors (Lipinski definition) is 1. The molecular weight excluding hydrogens is 232 g/mol. The fraction of sp³-hybridized carbons (Fsp3) is 0.583. The molecular formula is C12H18N4O2. The zero-order valence-corrected chi connectivity index (χ0v) is 10.7. The van der Waals surface area contributed by atoms with Gasteiger partial charge in [-0.25, -0.2) is 0 Å².